The van der Waals surface area contributed by atoms with Gasteiger partial charge in [0.15, 0.2) is 5.78 Å². The molecule has 1 aromatic rings. The zero-order valence-electron chi connectivity index (χ0n) is 13.2. The summed E-state index contributed by atoms with van der Waals surface area (Å²) in [5, 5.41) is 3.55. The Morgan fingerprint density at radius 2 is 2.00 bits per heavy atom. The van der Waals surface area contributed by atoms with Crippen LogP contribution in [0.4, 0.5) is 5.95 Å². The molecular weight excluding hydrogens is 296 g/mol. The molecule has 3 aliphatic rings. The number of hydrogen-bond acceptors (Lipinski definition) is 5. The summed E-state index contributed by atoms with van der Waals surface area (Å²) in [6.07, 6.45) is 2.28. The van der Waals surface area contributed by atoms with Gasteiger partial charge in [-0.25, -0.2) is 4.98 Å². The lowest BCUT2D eigenvalue weighted by Gasteiger charge is -2.36. The number of aromatic nitrogens is 2. The monoisotopic (exact) mass is 318 g/mol. The first-order chi connectivity index (χ1) is 10.5. The molecule has 1 fully saturated rings. The van der Waals surface area contributed by atoms with E-state index in [-0.39, 0.29) is 11.3 Å². The van der Waals surface area contributed by atoms with E-state index in [0.717, 1.165) is 60.3 Å². The van der Waals surface area contributed by atoms with Crippen LogP contribution in [0.2, 0.25) is 0 Å². The first kappa shape index (κ1) is 14.2. The molecule has 1 aromatic heterocycles. The molecule has 1 aliphatic carbocycles. The summed E-state index contributed by atoms with van der Waals surface area (Å²) in [6.45, 7) is 6.25. The van der Waals surface area contributed by atoms with Gasteiger partial charge >= 0.3 is 0 Å². The average molecular weight is 318 g/mol. The Morgan fingerprint density at radius 1 is 1.23 bits per heavy atom. The molecule has 2 N–H and O–H groups in total. The van der Waals surface area contributed by atoms with Crippen molar-refractivity contribution in [3.8, 4) is 0 Å². The Labute approximate surface area is 134 Å². The fourth-order valence-electron chi connectivity index (χ4n) is 3.53. The third-order valence-corrected chi connectivity index (χ3v) is 5.59. The summed E-state index contributed by atoms with van der Waals surface area (Å²) >= 11 is 2.00. The molecule has 0 unspecified atom stereocenters. The number of anilines is 1. The molecule has 5 nitrogen and oxygen atoms in total. The first-order valence-electron chi connectivity index (χ1n) is 8.00. The summed E-state index contributed by atoms with van der Waals surface area (Å²) in [6, 6.07) is 0. The van der Waals surface area contributed by atoms with Crippen LogP contribution in [-0.4, -0.2) is 45.9 Å². The second-order valence-electron chi connectivity index (χ2n) is 6.95. The highest BCUT2D eigenvalue weighted by Gasteiger charge is 2.37. The molecule has 118 valence electrons. The number of H-pyrrole nitrogens is 1. The number of nitrogens with one attached hydrogen (secondary N) is 2. The van der Waals surface area contributed by atoms with Crippen molar-refractivity contribution >= 4 is 29.2 Å². The number of hydrogen-bond donors (Lipinski definition) is 2. The Bertz CT molecular complexity index is 655. The highest BCUT2D eigenvalue weighted by molar-refractivity contribution is 7.99. The standard InChI is InChI=1S/C16H22N4OS/c1-16(2)9-12(21)10-3-4-11-14(13(10)19-16)18-15(17-11)20-5-7-22-8-6-20/h19H,3-9H2,1-2H3,(H,17,18). The molecule has 0 amide bonds. The summed E-state index contributed by atoms with van der Waals surface area (Å²) in [7, 11) is 0. The Hall–Kier alpha value is -1.43. The third kappa shape index (κ3) is 2.33. The van der Waals surface area contributed by atoms with Crippen molar-refractivity contribution in [1.82, 2.24) is 15.3 Å². The van der Waals surface area contributed by atoms with Crippen molar-refractivity contribution in [2.75, 3.05) is 29.5 Å². The van der Waals surface area contributed by atoms with Crippen LogP contribution in [0.25, 0.3) is 5.70 Å². The number of fused-ring (bicyclic) bond motifs is 2. The first-order valence-corrected chi connectivity index (χ1v) is 9.15. The van der Waals surface area contributed by atoms with E-state index in [0.29, 0.717) is 6.42 Å². The smallest absolute Gasteiger partial charge is 0.203 e. The average Bonchev–Trinajstić information content (AvgIpc) is 2.91. The Morgan fingerprint density at radius 3 is 2.77 bits per heavy atom. The van der Waals surface area contributed by atoms with Crippen molar-refractivity contribution in [1.29, 1.82) is 0 Å². The number of ketones is 1. The van der Waals surface area contributed by atoms with Crippen LogP contribution in [0.5, 0.6) is 0 Å². The van der Waals surface area contributed by atoms with Crippen LogP contribution in [0.1, 0.15) is 38.1 Å². The Balaban J connectivity index is 1.72. The maximum Gasteiger partial charge on any atom is 0.203 e. The number of carbonyl (C=O) groups is 1. The van der Waals surface area contributed by atoms with Crippen LogP contribution in [0.3, 0.4) is 0 Å². The number of carbonyl (C=O) groups excluding carboxylic acids is 1. The fourth-order valence-corrected chi connectivity index (χ4v) is 4.43. The lowest BCUT2D eigenvalue weighted by atomic mass is 9.83. The number of aryl methyl sites for hydroxylation is 1. The summed E-state index contributed by atoms with van der Waals surface area (Å²) in [5.41, 5.74) is 3.86. The van der Waals surface area contributed by atoms with Gasteiger partial charge in [0.05, 0.1) is 5.70 Å². The summed E-state index contributed by atoms with van der Waals surface area (Å²) in [5.74, 6) is 3.56. The largest absolute Gasteiger partial charge is 0.378 e. The van der Waals surface area contributed by atoms with Crippen molar-refractivity contribution < 1.29 is 4.79 Å². The van der Waals surface area contributed by atoms with E-state index >= 15 is 0 Å². The molecule has 2 aliphatic heterocycles. The summed E-state index contributed by atoms with van der Waals surface area (Å²) in [4.78, 5) is 23.1. The van der Waals surface area contributed by atoms with E-state index in [9.17, 15) is 4.79 Å². The predicted molar refractivity (Wildman–Crippen MR) is 90.2 cm³/mol. The molecule has 0 saturated carbocycles. The SMILES string of the molecule is CC1(C)CC(=O)C2=C(N1)c1nc(N3CCSCC3)[nH]c1CC2. The maximum absolute atomic E-state index is 12.4. The highest BCUT2D eigenvalue weighted by atomic mass is 32.2. The molecule has 3 heterocycles. The molecule has 22 heavy (non-hydrogen) atoms. The van der Waals surface area contributed by atoms with Gasteiger partial charge in [0.2, 0.25) is 5.95 Å². The molecule has 0 spiro atoms. The van der Waals surface area contributed by atoms with Gasteiger partial charge in [-0.05, 0) is 26.7 Å². The van der Waals surface area contributed by atoms with E-state index in [2.05, 4.69) is 29.0 Å². The molecule has 0 radical (unpaired) electrons. The van der Waals surface area contributed by atoms with Gasteiger partial charge in [-0.1, -0.05) is 0 Å². The van der Waals surface area contributed by atoms with Crippen molar-refractivity contribution in [3.05, 3.63) is 17.0 Å². The van der Waals surface area contributed by atoms with E-state index in [1.54, 1.807) is 0 Å². The highest BCUT2D eigenvalue weighted by Crippen LogP contribution is 2.36. The molecule has 4 rings (SSSR count). The van der Waals surface area contributed by atoms with Crippen LogP contribution in [0, 0.1) is 0 Å². The third-order valence-electron chi connectivity index (χ3n) is 4.64. The van der Waals surface area contributed by atoms with Gasteiger partial charge in [0.25, 0.3) is 0 Å². The van der Waals surface area contributed by atoms with Crippen LogP contribution >= 0.6 is 11.8 Å². The molecule has 0 bridgehead atoms. The lowest BCUT2D eigenvalue weighted by molar-refractivity contribution is -0.117. The maximum atomic E-state index is 12.4. The van der Waals surface area contributed by atoms with E-state index in [4.69, 9.17) is 4.98 Å². The number of Topliss-reactive ketones (excluding diaryl/α,β-unsaturated/α-hetero) is 1. The quantitative estimate of drug-likeness (QED) is 0.829. The zero-order valence-corrected chi connectivity index (χ0v) is 14.0. The minimum Gasteiger partial charge on any atom is -0.378 e. The van der Waals surface area contributed by atoms with E-state index in [1.807, 2.05) is 11.8 Å². The summed E-state index contributed by atoms with van der Waals surface area (Å²) < 4.78 is 0. The number of thioether (sulfide) groups is 1. The van der Waals surface area contributed by atoms with E-state index < -0.39 is 0 Å². The predicted octanol–water partition coefficient (Wildman–Crippen LogP) is 1.96. The zero-order chi connectivity index (χ0) is 15.3. The Kier molecular flexibility index (Phi) is 3.25. The van der Waals surface area contributed by atoms with Gasteiger partial charge in [-0.2, -0.15) is 11.8 Å². The lowest BCUT2D eigenvalue weighted by Crippen LogP contribution is -2.45. The molecule has 0 aromatic carbocycles. The van der Waals surface area contributed by atoms with Gasteiger partial charge in [-0.3, -0.25) is 4.79 Å². The topological polar surface area (TPSA) is 61.0 Å². The van der Waals surface area contributed by atoms with Crippen LogP contribution in [-0.2, 0) is 11.2 Å². The second kappa shape index (κ2) is 5.05. The van der Waals surface area contributed by atoms with Gasteiger partial charge < -0.3 is 15.2 Å². The van der Waals surface area contributed by atoms with Gasteiger partial charge in [-0.15, -0.1) is 0 Å². The molecular formula is C16H22N4OS. The minimum atomic E-state index is -0.189. The number of imidazole rings is 1. The van der Waals surface area contributed by atoms with Crippen molar-refractivity contribution in [3.63, 3.8) is 0 Å². The fraction of sp³-hybridized carbons (Fsp3) is 0.625. The van der Waals surface area contributed by atoms with Crippen molar-refractivity contribution in [2.24, 2.45) is 0 Å². The number of nitrogens with zero attached hydrogens (tertiary/aromatic N) is 2. The van der Waals surface area contributed by atoms with Crippen molar-refractivity contribution in [2.45, 2.75) is 38.6 Å². The normalized spacial score (nSPS) is 23.9. The van der Waals surface area contributed by atoms with Crippen LogP contribution in [0.15, 0.2) is 5.57 Å². The number of aromatic amines is 1. The van der Waals surface area contributed by atoms with Gasteiger partial charge in [0, 0.05) is 47.8 Å². The second-order valence-corrected chi connectivity index (χ2v) is 8.17. The minimum absolute atomic E-state index is 0.189. The number of allylic oxidation sites excluding steroid dienone is 1. The molecule has 6 heteroatoms. The van der Waals surface area contributed by atoms with Gasteiger partial charge in [0.1, 0.15) is 5.69 Å². The molecule has 0 atom stereocenters. The van der Waals surface area contributed by atoms with E-state index in [1.165, 1.54) is 5.69 Å². The van der Waals surface area contributed by atoms with Crippen LogP contribution < -0.4 is 10.2 Å². The molecule has 1 saturated heterocycles. The number of rotatable bonds is 1.